The van der Waals surface area contributed by atoms with Crippen LogP contribution in [-0.2, 0) is 0 Å². The SMILES string of the molecule is c1cnc(-c2noc(-c3ccn4cncc4c3)n2)cn1. The smallest absolute Gasteiger partial charge is 0.258 e. The first-order chi connectivity index (χ1) is 9.90. The van der Waals surface area contributed by atoms with Gasteiger partial charge in [-0.3, -0.25) is 4.98 Å². The van der Waals surface area contributed by atoms with Crippen molar-refractivity contribution in [2.45, 2.75) is 0 Å². The van der Waals surface area contributed by atoms with Crippen molar-refractivity contribution in [3.8, 4) is 23.0 Å². The molecular formula is C13H8N6O. The van der Waals surface area contributed by atoms with Crippen LogP contribution in [0.5, 0.6) is 0 Å². The minimum atomic E-state index is 0.418. The van der Waals surface area contributed by atoms with Gasteiger partial charge >= 0.3 is 0 Å². The molecule has 0 aliphatic carbocycles. The molecule has 0 bridgehead atoms. The Kier molecular flexibility index (Phi) is 2.28. The van der Waals surface area contributed by atoms with E-state index in [4.69, 9.17) is 4.52 Å². The molecule has 0 atom stereocenters. The Bertz CT molecular complexity index is 867. The summed E-state index contributed by atoms with van der Waals surface area (Å²) in [5.74, 6) is 0.857. The Morgan fingerprint density at radius 3 is 3.00 bits per heavy atom. The van der Waals surface area contributed by atoms with E-state index in [0.29, 0.717) is 17.4 Å². The zero-order valence-electron chi connectivity index (χ0n) is 10.2. The monoisotopic (exact) mass is 264 g/mol. The third-order valence-corrected chi connectivity index (χ3v) is 2.88. The predicted molar refractivity (Wildman–Crippen MR) is 69.5 cm³/mol. The Morgan fingerprint density at radius 2 is 2.10 bits per heavy atom. The minimum absolute atomic E-state index is 0.418. The Labute approximate surface area is 113 Å². The van der Waals surface area contributed by atoms with Gasteiger partial charge in [0.25, 0.3) is 5.89 Å². The zero-order valence-corrected chi connectivity index (χ0v) is 10.2. The molecule has 4 aromatic rings. The van der Waals surface area contributed by atoms with Gasteiger partial charge in [0, 0.05) is 24.2 Å². The van der Waals surface area contributed by atoms with Crippen LogP contribution in [0.2, 0.25) is 0 Å². The van der Waals surface area contributed by atoms with Crippen LogP contribution in [0, 0.1) is 0 Å². The second-order valence-electron chi connectivity index (χ2n) is 4.15. The van der Waals surface area contributed by atoms with Gasteiger partial charge in [0.15, 0.2) is 0 Å². The number of fused-ring (bicyclic) bond motifs is 1. The van der Waals surface area contributed by atoms with Gasteiger partial charge < -0.3 is 8.92 Å². The standard InChI is InChI=1S/C13H8N6O/c1-4-19-8-15-6-10(19)5-9(1)13-17-12(18-20-13)11-7-14-2-3-16-11/h1-8H. The molecular weight excluding hydrogens is 256 g/mol. The molecule has 7 heteroatoms. The molecule has 4 rings (SSSR count). The molecule has 4 heterocycles. The normalized spacial score (nSPS) is 11.0. The highest BCUT2D eigenvalue weighted by atomic mass is 16.5. The highest BCUT2D eigenvalue weighted by Crippen LogP contribution is 2.21. The van der Waals surface area contributed by atoms with Crippen LogP contribution in [-0.4, -0.2) is 29.5 Å². The van der Waals surface area contributed by atoms with E-state index in [-0.39, 0.29) is 0 Å². The van der Waals surface area contributed by atoms with E-state index >= 15 is 0 Å². The van der Waals surface area contributed by atoms with Gasteiger partial charge in [-0.15, -0.1) is 0 Å². The average molecular weight is 264 g/mol. The maximum Gasteiger partial charge on any atom is 0.258 e. The second-order valence-corrected chi connectivity index (χ2v) is 4.15. The third-order valence-electron chi connectivity index (χ3n) is 2.88. The van der Waals surface area contributed by atoms with Crippen molar-refractivity contribution in [1.29, 1.82) is 0 Å². The lowest BCUT2D eigenvalue weighted by atomic mass is 10.2. The number of rotatable bonds is 2. The molecule has 0 aliphatic rings. The molecule has 0 radical (unpaired) electrons. The van der Waals surface area contributed by atoms with Crippen LogP contribution in [0.3, 0.4) is 0 Å². The summed E-state index contributed by atoms with van der Waals surface area (Å²) in [6, 6.07) is 3.82. The van der Waals surface area contributed by atoms with Crippen LogP contribution in [0.1, 0.15) is 0 Å². The largest absolute Gasteiger partial charge is 0.334 e. The van der Waals surface area contributed by atoms with Crippen LogP contribution < -0.4 is 0 Å². The van der Waals surface area contributed by atoms with Crippen molar-refractivity contribution >= 4 is 5.52 Å². The van der Waals surface area contributed by atoms with Gasteiger partial charge in [-0.1, -0.05) is 5.16 Å². The molecule has 0 N–H and O–H groups in total. The quantitative estimate of drug-likeness (QED) is 0.549. The Balaban J connectivity index is 1.77. The summed E-state index contributed by atoms with van der Waals surface area (Å²) >= 11 is 0. The van der Waals surface area contributed by atoms with Gasteiger partial charge in [-0.05, 0) is 12.1 Å². The van der Waals surface area contributed by atoms with Crippen LogP contribution in [0.25, 0.3) is 28.5 Å². The van der Waals surface area contributed by atoms with Crippen molar-refractivity contribution in [2.75, 3.05) is 0 Å². The Hall–Kier alpha value is -3.09. The maximum absolute atomic E-state index is 5.27. The number of imidazole rings is 1. The molecule has 0 saturated carbocycles. The zero-order chi connectivity index (χ0) is 13.4. The molecule has 0 spiro atoms. The molecule has 20 heavy (non-hydrogen) atoms. The van der Waals surface area contributed by atoms with E-state index in [1.165, 1.54) is 0 Å². The lowest BCUT2D eigenvalue weighted by Gasteiger charge is -1.96. The number of nitrogens with zero attached hydrogens (tertiary/aromatic N) is 6. The number of hydrogen-bond donors (Lipinski definition) is 0. The van der Waals surface area contributed by atoms with Gasteiger partial charge in [-0.2, -0.15) is 4.98 Å². The van der Waals surface area contributed by atoms with Gasteiger partial charge in [0.05, 0.1) is 24.2 Å². The first kappa shape index (κ1) is 10.8. The summed E-state index contributed by atoms with van der Waals surface area (Å²) < 4.78 is 7.18. The molecule has 0 amide bonds. The summed E-state index contributed by atoms with van der Waals surface area (Å²) in [6.45, 7) is 0. The highest BCUT2D eigenvalue weighted by Gasteiger charge is 2.12. The molecule has 0 unspecified atom stereocenters. The van der Waals surface area contributed by atoms with E-state index in [9.17, 15) is 0 Å². The number of hydrogen-bond acceptors (Lipinski definition) is 6. The van der Waals surface area contributed by atoms with Crippen LogP contribution >= 0.6 is 0 Å². The lowest BCUT2D eigenvalue weighted by molar-refractivity contribution is 0.432. The molecule has 4 aromatic heterocycles. The summed E-state index contributed by atoms with van der Waals surface area (Å²) in [5, 5.41) is 3.92. The second kappa shape index (κ2) is 4.23. The van der Waals surface area contributed by atoms with E-state index in [0.717, 1.165) is 11.1 Å². The summed E-state index contributed by atoms with van der Waals surface area (Å²) in [4.78, 5) is 16.5. The summed E-state index contributed by atoms with van der Waals surface area (Å²) in [7, 11) is 0. The summed E-state index contributed by atoms with van der Waals surface area (Å²) in [5.41, 5.74) is 2.37. The average Bonchev–Trinajstić information content (AvgIpc) is 3.16. The number of pyridine rings is 1. The van der Waals surface area contributed by atoms with E-state index in [2.05, 4.69) is 25.1 Å². The van der Waals surface area contributed by atoms with Gasteiger partial charge in [0.1, 0.15) is 5.69 Å². The van der Waals surface area contributed by atoms with Gasteiger partial charge in [0.2, 0.25) is 5.82 Å². The first-order valence-corrected chi connectivity index (χ1v) is 5.92. The fourth-order valence-corrected chi connectivity index (χ4v) is 1.91. The van der Waals surface area contributed by atoms with Crippen LogP contribution in [0.4, 0.5) is 0 Å². The van der Waals surface area contributed by atoms with Crippen molar-refractivity contribution in [3.63, 3.8) is 0 Å². The fourth-order valence-electron chi connectivity index (χ4n) is 1.91. The maximum atomic E-state index is 5.27. The van der Waals surface area contributed by atoms with Gasteiger partial charge in [-0.25, -0.2) is 9.97 Å². The van der Waals surface area contributed by atoms with Crippen molar-refractivity contribution in [2.24, 2.45) is 0 Å². The molecule has 0 fully saturated rings. The van der Waals surface area contributed by atoms with Crippen molar-refractivity contribution in [3.05, 3.63) is 49.4 Å². The van der Waals surface area contributed by atoms with Crippen molar-refractivity contribution < 1.29 is 4.52 Å². The van der Waals surface area contributed by atoms with Crippen LogP contribution in [0.15, 0.2) is 54.0 Å². The molecule has 7 nitrogen and oxygen atoms in total. The Morgan fingerprint density at radius 1 is 1.10 bits per heavy atom. The van der Waals surface area contributed by atoms with E-state index in [1.807, 2.05) is 22.7 Å². The molecule has 0 aromatic carbocycles. The van der Waals surface area contributed by atoms with E-state index in [1.54, 1.807) is 31.1 Å². The van der Waals surface area contributed by atoms with Crippen molar-refractivity contribution in [1.82, 2.24) is 29.5 Å². The number of aromatic nitrogens is 6. The molecule has 96 valence electrons. The molecule has 0 saturated heterocycles. The minimum Gasteiger partial charge on any atom is -0.334 e. The predicted octanol–water partition coefficient (Wildman–Crippen LogP) is 1.84. The van der Waals surface area contributed by atoms with E-state index < -0.39 is 0 Å². The fraction of sp³-hybridized carbons (Fsp3) is 0. The molecule has 0 aliphatic heterocycles. The highest BCUT2D eigenvalue weighted by molar-refractivity contribution is 5.63. The topological polar surface area (TPSA) is 82.0 Å². The first-order valence-electron chi connectivity index (χ1n) is 5.92. The lowest BCUT2D eigenvalue weighted by Crippen LogP contribution is -1.87. The third kappa shape index (κ3) is 1.72. The summed E-state index contributed by atoms with van der Waals surface area (Å²) in [6.07, 6.45) is 10.2.